The predicted molar refractivity (Wildman–Crippen MR) is 113 cm³/mol. The number of aromatic nitrogens is 4. The van der Waals surface area contributed by atoms with Crippen molar-refractivity contribution in [1.29, 1.82) is 0 Å². The summed E-state index contributed by atoms with van der Waals surface area (Å²) in [6.07, 6.45) is 7.39. The third kappa shape index (κ3) is 2.96. The molecule has 0 unspecified atom stereocenters. The Bertz CT molecular complexity index is 1340. The summed E-state index contributed by atoms with van der Waals surface area (Å²) in [5, 5.41) is 8.48. The number of ether oxygens (including phenoxy) is 2. The summed E-state index contributed by atoms with van der Waals surface area (Å²) in [5.41, 5.74) is 5.36. The Morgan fingerprint density at radius 1 is 1.00 bits per heavy atom. The highest BCUT2D eigenvalue weighted by atomic mass is 19.1. The zero-order valence-corrected chi connectivity index (χ0v) is 16.7. The second-order valence-electron chi connectivity index (χ2n) is 7.64. The molecule has 7 heteroatoms. The molecule has 4 aromatic rings. The van der Waals surface area contributed by atoms with Gasteiger partial charge >= 0.3 is 0 Å². The van der Waals surface area contributed by atoms with Gasteiger partial charge in [-0.25, -0.2) is 9.37 Å². The van der Waals surface area contributed by atoms with Gasteiger partial charge in [0, 0.05) is 35.7 Å². The maximum atomic E-state index is 14.5. The van der Waals surface area contributed by atoms with Gasteiger partial charge in [-0.3, -0.25) is 4.40 Å². The lowest BCUT2D eigenvalue weighted by molar-refractivity contribution is 0.356. The van der Waals surface area contributed by atoms with E-state index in [-0.39, 0.29) is 5.82 Å². The second-order valence-corrected chi connectivity index (χ2v) is 7.64. The Balaban J connectivity index is 1.36. The van der Waals surface area contributed by atoms with E-state index in [1.807, 2.05) is 40.9 Å². The Kier molecular flexibility index (Phi) is 4.19. The number of hydrogen-bond donors (Lipinski definition) is 0. The van der Waals surface area contributed by atoms with Crippen LogP contribution in [0.2, 0.25) is 0 Å². The molecule has 0 fully saturated rings. The second kappa shape index (κ2) is 7.19. The molecule has 0 N–H and O–H groups in total. The number of hydrogen-bond acceptors (Lipinski definition) is 5. The topological polar surface area (TPSA) is 61.5 Å². The number of rotatable bonds is 4. The van der Waals surface area contributed by atoms with Crippen LogP contribution in [0, 0.1) is 5.82 Å². The highest BCUT2D eigenvalue weighted by molar-refractivity contribution is 5.88. The van der Waals surface area contributed by atoms with E-state index >= 15 is 0 Å². The van der Waals surface area contributed by atoms with Gasteiger partial charge in [0.25, 0.3) is 0 Å². The Hall–Kier alpha value is -3.74. The molecular weight excluding hydrogens is 395 g/mol. The molecular formula is C24H19FN4O2. The maximum Gasteiger partial charge on any atom is 0.171 e. The van der Waals surface area contributed by atoms with Gasteiger partial charge in [0.05, 0.1) is 6.61 Å². The normalized spacial score (nSPS) is 14.5. The maximum absolute atomic E-state index is 14.5. The zero-order valence-electron chi connectivity index (χ0n) is 16.7. The molecule has 0 amide bonds. The fourth-order valence-electron chi connectivity index (χ4n) is 4.46. The van der Waals surface area contributed by atoms with E-state index in [1.54, 1.807) is 12.4 Å². The number of fused-ring (bicyclic) bond motifs is 3. The van der Waals surface area contributed by atoms with Crippen molar-refractivity contribution < 1.29 is 13.9 Å². The minimum absolute atomic E-state index is 0.190. The molecule has 2 aliphatic heterocycles. The lowest BCUT2D eigenvalue weighted by Crippen LogP contribution is -2.09. The molecule has 0 saturated carbocycles. The van der Waals surface area contributed by atoms with Gasteiger partial charge in [0.15, 0.2) is 5.65 Å². The van der Waals surface area contributed by atoms with Gasteiger partial charge < -0.3 is 9.47 Å². The molecule has 6 rings (SSSR count). The third-order valence-corrected chi connectivity index (χ3v) is 5.94. The molecule has 2 aromatic heterocycles. The van der Waals surface area contributed by atoms with E-state index in [0.717, 1.165) is 51.7 Å². The van der Waals surface area contributed by atoms with Crippen molar-refractivity contribution in [2.45, 2.75) is 19.3 Å². The molecule has 0 bridgehead atoms. The summed E-state index contributed by atoms with van der Waals surface area (Å²) in [7, 11) is 0. The number of halogens is 1. The summed E-state index contributed by atoms with van der Waals surface area (Å²) in [5.74, 6) is 2.24. The first-order chi connectivity index (χ1) is 15.3. The number of aryl methyl sites for hydroxylation is 1. The van der Waals surface area contributed by atoms with E-state index in [2.05, 4.69) is 10.2 Å². The van der Waals surface area contributed by atoms with Crippen molar-refractivity contribution in [3.05, 3.63) is 88.9 Å². The largest absolute Gasteiger partial charge is 0.493 e. The molecule has 0 atom stereocenters. The smallest absolute Gasteiger partial charge is 0.171 e. The standard InChI is InChI=1S/C24H19FN4O2/c25-20-6-7-22-18(10-12-31-22)16(20)5-8-23-26-13-19(24-28-27-14-29(23)24)15-9-11-30-21-4-2-1-3-17(15)21/h1-4,6-7,9,13-14H,5,8,10-12H2. The summed E-state index contributed by atoms with van der Waals surface area (Å²) in [6.45, 7) is 1.10. The van der Waals surface area contributed by atoms with Crippen LogP contribution in [-0.2, 0) is 19.3 Å². The molecule has 6 nitrogen and oxygen atoms in total. The van der Waals surface area contributed by atoms with Crippen LogP contribution in [0.1, 0.15) is 28.1 Å². The van der Waals surface area contributed by atoms with Gasteiger partial charge in [-0.1, -0.05) is 18.2 Å². The van der Waals surface area contributed by atoms with Gasteiger partial charge in [-0.2, -0.15) is 0 Å². The Morgan fingerprint density at radius 3 is 2.90 bits per heavy atom. The highest BCUT2D eigenvalue weighted by Gasteiger charge is 2.22. The fourth-order valence-corrected chi connectivity index (χ4v) is 4.46. The first-order valence-corrected chi connectivity index (χ1v) is 10.3. The highest BCUT2D eigenvalue weighted by Crippen LogP contribution is 2.35. The molecule has 154 valence electrons. The molecule has 0 spiro atoms. The van der Waals surface area contributed by atoms with E-state index in [4.69, 9.17) is 14.5 Å². The lowest BCUT2D eigenvalue weighted by atomic mass is 9.97. The molecule has 2 aliphatic rings. The van der Waals surface area contributed by atoms with Crippen LogP contribution in [0.3, 0.4) is 0 Å². The SMILES string of the molecule is Fc1ccc2c(c1CCc1ncc(C3=CCOc4ccccc43)c3nncn13)CCO2. The van der Waals surface area contributed by atoms with E-state index in [0.29, 0.717) is 31.6 Å². The molecule has 2 aromatic carbocycles. The minimum atomic E-state index is -0.190. The monoisotopic (exact) mass is 414 g/mol. The molecule has 4 heterocycles. The number of benzene rings is 2. The van der Waals surface area contributed by atoms with Gasteiger partial charge in [0.1, 0.15) is 36.1 Å². The van der Waals surface area contributed by atoms with Crippen molar-refractivity contribution in [2.24, 2.45) is 0 Å². The van der Waals surface area contributed by atoms with Gasteiger partial charge in [-0.15, -0.1) is 10.2 Å². The van der Waals surface area contributed by atoms with Gasteiger partial charge in [-0.05, 0) is 41.8 Å². The average Bonchev–Trinajstić information content (AvgIpc) is 3.48. The van der Waals surface area contributed by atoms with Crippen LogP contribution in [0.4, 0.5) is 4.39 Å². The molecule has 31 heavy (non-hydrogen) atoms. The van der Waals surface area contributed by atoms with Crippen LogP contribution in [-0.4, -0.2) is 32.8 Å². The third-order valence-electron chi connectivity index (χ3n) is 5.94. The van der Waals surface area contributed by atoms with Crippen LogP contribution in [0.25, 0.3) is 11.2 Å². The zero-order chi connectivity index (χ0) is 20.8. The summed E-state index contributed by atoms with van der Waals surface area (Å²) >= 11 is 0. The predicted octanol–water partition coefficient (Wildman–Crippen LogP) is 3.81. The van der Waals surface area contributed by atoms with Crippen LogP contribution in [0.5, 0.6) is 11.5 Å². The van der Waals surface area contributed by atoms with Crippen molar-refractivity contribution >= 4 is 11.2 Å². The minimum Gasteiger partial charge on any atom is -0.493 e. The average molecular weight is 414 g/mol. The van der Waals surface area contributed by atoms with Crippen molar-refractivity contribution in [2.75, 3.05) is 13.2 Å². The van der Waals surface area contributed by atoms with Crippen LogP contribution < -0.4 is 9.47 Å². The van der Waals surface area contributed by atoms with E-state index in [9.17, 15) is 4.39 Å². The summed E-state index contributed by atoms with van der Waals surface area (Å²) < 4.78 is 27.8. The first-order valence-electron chi connectivity index (χ1n) is 10.3. The van der Waals surface area contributed by atoms with Crippen LogP contribution >= 0.6 is 0 Å². The van der Waals surface area contributed by atoms with Crippen molar-refractivity contribution in [3.8, 4) is 11.5 Å². The van der Waals surface area contributed by atoms with E-state index in [1.165, 1.54) is 6.07 Å². The first kappa shape index (κ1) is 18.1. The van der Waals surface area contributed by atoms with Crippen molar-refractivity contribution in [3.63, 3.8) is 0 Å². The fraction of sp³-hybridized carbons (Fsp3) is 0.208. The van der Waals surface area contributed by atoms with E-state index < -0.39 is 0 Å². The Labute approximate surface area is 178 Å². The number of para-hydroxylation sites is 1. The molecule has 0 aliphatic carbocycles. The summed E-state index contributed by atoms with van der Waals surface area (Å²) in [4.78, 5) is 4.71. The quantitative estimate of drug-likeness (QED) is 0.508. The van der Waals surface area contributed by atoms with Crippen LogP contribution in [0.15, 0.2) is 55.0 Å². The number of nitrogens with zero attached hydrogens (tertiary/aromatic N) is 4. The van der Waals surface area contributed by atoms with Gasteiger partial charge in [0.2, 0.25) is 0 Å². The summed E-state index contributed by atoms with van der Waals surface area (Å²) in [6, 6.07) is 11.1. The molecule has 0 saturated heterocycles. The Morgan fingerprint density at radius 2 is 1.94 bits per heavy atom. The molecule has 0 radical (unpaired) electrons. The lowest BCUT2D eigenvalue weighted by Gasteiger charge is -2.19. The van der Waals surface area contributed by atoms with Crippen molar-refractivity contribution in [1.82, 2.24) is 19.6 Å².